The minimum absolute atomic E-state index is 0.0127. The molecule has 0 atom stereocenters. The molecule has 0 bridgehead atoms. The third kappa shape index (κ3) is 5.36. The predicted molar refractivity (Wildman–Crippen MR) is 124 cm³/mol. The number of thioether (sulfide) groups is 1. The Morgan fingerprint density at radius 2 is 1.91 bits per heavy atom. The number of nitrogens with zero attached hydrogens (tertiary/aromatic N) is 3. The first kappa shape index (κ1) is 23.2. The van der Waals surface area contributed by atoms with Crippen LogP contribution in [0, 0.1) is 6.92 Å². The first-order valence-corrected chi connectivity index (χ1v) is 12.6. The summed E-state index contributed by atoms with van der Waals surface area (Å²) in [4.78, 5) is 27.4. The second-order valence-corrected chi connectivity index (χ2v) is 10.2. The van der Waals surface area contributed by atoms with Crippen molar-refractivity contribution in [1.82, 2.24) is 19.1 Å². The molecule has 0 radical (unpaired) electrons. The Morgan fingerprint density at radius 1 is 1.18 bits per heavy atom. The Labute approximate surface area is 195 Å². The number of carbonyl (C=O) groups excluding carboxylic acids is 1. The number of hydrogen-bond donors (Lipinski definition) is 2. The molecule has 1 aliphatic rings. The van der Waals surface area contributed by atoms with Gasteiger partial charge >= 0.3 is 5.69 Å². The average Bonchev–Trinajstić information content (AvgIpc) is 3.20. The summed E-state index contributed by atoms with van der Waals surface area (Å²) >= 11 is 1.07. The third-order valence-electron chi connectivity index (χ3n) is 5.00. The number of ether oxygens (including phenoxy) is 1. The van der Waals surface area contributed by atoms with Crippen molar-refractivity contribution < 1.29 is 17.9 Å². The highest BCUT2D eigenvalue weighted by Gasteiger charge is 2.28. The lowest BCUT2D eigenvalue weighted by Gasteiger charge is -2.26. The lowest BCUT2D eigenvalue weighted by molar-refractivity contribution is -0.113. The SMILES string of the molecule is Cc1ccc(NC(=O)CSc2nn(-c3ccccc3)c(=O)[nH]2)cc1S(=O)(=O)N1CCOCC1. The zero-order valence-corrected chi connectivity index (χ0v) is 19.5. The zero-order chi connectivity index (χ0) is 23.4. The maximum Gasteiger partial charge on any atom is 0.348 e. The van der Waals surface area contributed by atoms with E-state index in [9.17, 15) is 18.0 Å². The second-order valence-electron chi connectivity index (χ2n) is 7.32. The molecule has 33 heavy (non-hydrogen) atoms. The Hall–Kier alpha value is -2.93. The first-order chi connectivity index (χ1) is 15.8. The third-order valence-corrected chi connectivity index (χ3v) is 7.90. The average molecular weight is 490 g/mol. The summed E-state index contributed by atoms with van der Waals surface area (Å²) in [6.07, 6.45) is 0. The van der Waals surface area contributed by atoms with Crippen LogP contribution in [-0.4, -0.2) is 65.5 Å². The van der Waals surface area contributed by atoms with Crippen LogP contribution < -0.4 is 11.0 Å². The molecule has 0 unspecified atom stereocenters. The number of para-hydroxylation sites is 1. The van der Waals surface area contributed by atoms with Crippen LogP contribution in [0.5, 0.6) is 0 Å². The highest BCUT2D eigenvalue weighted by molar-refractivity contribution is 7.99. The molecular formula is C21H23N5O5S2. The smallest absolute Gasteiger partial charge is 0.348 e. The minimum Gasteiger partial charge on any atom is -0.379 e. The van der Waals surface area contributed by atoms with Gasteiger partial charge in [0.1, 0.15) is 0 Å². The topological polar surface area (TPSA) is 126 Å². The molecule has 2 N–H and O–H groups in total. The summed E-state index contributed by atoms with van der Waals surface area (Å²) in [5.74, 6) is -0.366. The van der Waals surface area contributed by atoms with Crippen molar-refractivity contribution in [2.45, 2.75) is 17.0 Å². The highest BCUT2D eigenvalue weighted by Crippen LogP contribution is 2.24. The Balaban J connectivity index is 1.42. The summed E-state index contributed by atoms with van der Waals surface area (Å²) in [7, 11) is -3.69. The van der Waals surface area contributed by atoms with E-state index in [1.165, 1.54) is 15.1 Å². The molecule has 1 saturated heterocycles. The van der Waals surface area contributed by atoms with E-state index in [0.29, 0.717) is 48.4 Å². The molecule has 0 aliphatic carbocycles. The highest BCUT2D eigenvalue weighted by atomic mass is 32.2. The fourth-order valence-corrected chi connectivity index (χ4v) is 5.63. The quantitative estimate of drug-likeness (QED) is 0.483. The number of hydrogen-bond acceptors (Lipinski definition) is 7. The molecule has 12 heteroatoms. The molecule has 1 fully saturated rings. The first-order valence-electron chi connectivity index (χ1n) is 10.2. The molecule has 0 spiro atoms. The number of anilines is 1. The largest absolute Gasteiger partial charge is 0.379 e. The van der Waals surface area contributed by atoms with Crippen molar-refractivity contribution in [3.63, 3.8) is 0 Å². The van der Waals surface area contributed by atoms with Gasteiger partial charge in [-0.2, -0.15) is 8.99 Å². The van der Waals surface area contributed by atoms with E-state index >= 15 is 0 Å². The van der Waals surface area contributed by atoms with Crippen LogP contribution in [-0.2, 0) is 19.6 Å². The molecule has 3 aromatic rings. The zero-order valence-electron chi connectivity index (χ0n) is 17.9. The van der Waals surface area contributed by atoms with Crippen molar-refractivity contribution >= 4 is 33.4 Å². The van der Waals surface area contributed by atoms with Crippen LogP contribution in [0.25, 0.3) is 5.69 Å². The number of rotatable bonds is 7. The van der Waals surface area contributed by atoms with Crippen LogP contribution in [0.15, 0.2) is 63.4 Å². The molecule has 0 saturated carbocycles. The fourth-order valence-electron chi connectivity index (χ4n) is 3.33. The number of amides is 1. The van der Waals surface area contributed by atoms with Gasteiger partial charge in [-0.1, -0.05) is 36.0 Å². The van der Waals surface area contributed by atoms with Gasteiger partial charge in [0, 0.05) is 18.8 Å². The Kier molecular flexibility index (Phi) is 6.98. The Bertz CT molecular complexity index is 1300. The maximum atomic E-state index is 13.0. The van der Waals surface area contributed by atoms with Gasteiger partial charge in [-0.05, 0) is 36.8 Å². The van der Waals surface area contributed by atoms with Crippen molar-refractivity contribution in [3.8, 4) is 5.69 Å². The molecular weight excluding hydrogens is 466 g/mol. The molecule has 1 aliphatic heterocycles. The molecule has 10 nitrogen and oxygen atoms in total. The lowest BCUT2D eigenvalue weighted by atomic mass is 10.2. The number of aryl methyl sites for hydroxylation is 1. The number of morpholine rings is 1. The van der Waals surface area contributed by atoms with E-state index in [4.69, 9.17) is 4.74 Å². The van der Waals surface area contributed by atoms with E-state index in [2.05, 4.69) is 15.4 Å². The molecule has 4 rings (SSSR count). The Morgan fingerprint density at radius 3 is 2.64 bits per heavy atom. The van der Waals surface area contributed by atoms with Crippen LogP contribution in [0.1, 0.15) is 5.56 Å². The number of nitrogens with one attached hydrogen (secondary N) is 2. The summed E-state index contributed by atoms with van der Waals surface area (Å²) in [5, 5.41) is 7.22. The van der Waals surface area contributed by atoms with E-state index in [1.54, 1.807) is 43.3 Å². The summed E-state index contributed by atoms with van der Waals surface area (Å²) in [5.41, 5.74) is 1.18. The van der Waals surface area contributed by atoms with Crippen molar-refractivity contribution in [1.29, 1.82) is 0 Å². The van der Waals surface area contributed by atoms with Gasteiger partial charge in [-0.15, -0.1) is 5.10 Å². The number of H-pyrrole nitrogens is 1. The normalized spacial score (nSPS) is 14.8. The van der Waals surface area contributed by atoms with Crippen molar-refractivity contribution in [3.05, 3.63) is 64.6 Å². The van der Waals surface area contributed by atoms with Crippen LogP contribution in [0.4, 0.5) is 5.69 Å². The minimum atomic E-state index is -3.69. The van der Waals surface area contributed by atoms with Gasteiger partial charge in [0.15, 0.2) is 5.16 Å². The number of carbonyl (C=O) groups is 1. The monoisotopic (exact) mass is 489 g/mol. The van der Waals surface area contributed by atoms with Crippen molar-refractivity contribution in [2.24, 2.45) is 0 Å². The molecule has 174 valence electrons. The van der Waals surface area contributed by atoms with Gasteiger partial charge in [0.2, 0.25) is 15.9 Å². The van der Waals surface area contributed by atoms with Gasteiger partial charge < -0.3 is 10.1 Å². The summed E-state index contributed by atoms with van der Waals surface area (Å²) < 4.78 is 33.9. The van der Waals surface area contributed by atoms with E-state index in [-0.39, 0.29) is 16.6 Å². The number of aromatic nitrogens is 3. The summed E-state index contributed by atoms with van der Waals surface area (Å²) in [6, 6.07) is 13.7. The van der Waals surface area contributed by atoms with E-state index in [1.807, 2.05) is 6.07 Å². The van der Waals surface area contributed by atoms with Gasteiger partial charge in [0.05, 0.1) is 29.5 Å². The molecule has 2 aromatic carbocycles. The van der Waals surface area contributed by atoms with Crippen LogP contribution >= 0.6 is 11.8 Å². The molecule has 2 heterocycles. The van der Waals surface area contributed by atoms with E-state index in [0.717, 1.165) is 11.8 Å². The maximum absolute atomic E-state index is 13.0. The fraction of sp³-hybridized carbons (Fsp3) is 0.286. The van der Waals surface area contributed by atoms with Crippen LogP contribution in [0.3, 0.4) is 0 Å². The second kappa shape index (κ2) is 9.91. The molecule has 1 amide bonds. The number of sulfonamides is 1. The van der Waals surface area contributed by atoms with Crippen LogP contribution in [0.2, 0.25) is 0 Å². The van der Waals surface area contributed by atoms with Gasteiger partial charge in [-0.3, -0.25) is 9.78 Å². The number of aromatic amines is 1. The summed E-state index contributed by atoms with van der Waals surface area (Å²) in [6.45, 7) is 3.02. The van der Waals surface area contributed by atoms with Crippen molar-refractivity contribution in [2.75, 3.05) is 37.4 Å². The lowest BCUT2D eigenvalue weighted by Crippen LogP contribution is -2.40. The standard InChI is InChI=1S/C21H23N5O5S2/c1-15-7-8-16(13-18(15)33(29,30)25-9-11-31-12-10-25)22-19(27)14-32-20-23-21(28)26(24-20)17-5-3-2-4-6-17/h2-8,13H,9-12,14H2,1H3,(H,22,27)(H,23,24,28). The molecule has 1 aromatic heterocycles. The van der Waals surface area contributed by atoms with Gasteiger partial charge in [-0.25, -0.2) is 13.2 Å². The number of benzene rings is 2. The van der Waals surface area contributed by atoms with E-state index < -0.39 is 15.7 Å². The van der Waals surface area contributed by atoms with Gasteiger partial charge in [0.25, 0.3) is 0 Å². The predicted octanol–water partition coefficient (Wildman–Crippen LogP) is 1.62.